The van der Waals surface area contributed by atoms with Gasteiger partial charge in [-0.25, -0.2) is 4.98 Å². The number of nitrogen functional groups attached to an aromatic ring is 1. The molecule has 1 aromatic carbocycles. The molecule has 102 valence electrons. The third-order valence-electron chi connectivity index (χ3n) is 2.52. The first-order valence-corrected chi connectivity index (χ1v) is 6.29. The third kappa shape index (κ3) is 3.39. The highest BCUT2D eigenvalue weighted by Gasteiger charge is 2.05. The molecular formula is C15H15N3O2. The highest BCUT2D eigenvalue weighted by Crippen LogP contribution is 2.26. The van der Waals surface area contributed by atoms with Crippen molar-refractivity contribution in [2.75, 3.05) is 12.3 Å². The number of rotatable bonds is 5. The van der Waals surface area contributed by atoms with Crippen LogP contribution in [0.3, 0.4) is 0 Å². The van der Waals surface area contributed by atoms with Crippen LogP contribution in [0.15, 0.2) is 36.5 Å². The van der Waals surface area contributed by atoms with Gasteiger partial charge < -0.3 is 15.2 Å². The summed E-state index contributed by atoms with van der Waals surface area (Å²) in [6.07, 6.45) is 2.38. The quantitative estimate of drug-likeness (QED) is 0.901. The highest BCUT2D eigenvalue weighted by atomic mass is 16.5. The zero-order valence-electron chi connectivity index (χ0n) is 11.2. The smallest absolute Gasteiger partial charge is 0.242 e. The summed E-state index contributed by atoms with van der Waals surface area (Å²) < 4.78 is 11.0. The number of aromatic nitrogens is 1. The number of hydrogen-bond acceptors (Lipinski definition) is 5. The molecule has 0 amide bonds. The molecule has 2 N–H and O–H groups in total. The molecular weight excluding hydrogens is 254 g/mol. The Hall–Kier alpha value is -2.74. The number of ether oxygens (including phenoxy) is 2. The minimum absolute atomic E-state index is 0.284. The number of pyridine rings is 1. The fraction of sp³-hybridized carbons (Fsp3) is 0.200. The standard InChI is InChI=1S/C15H15N3O2/c1-2-7-19-12-3-5-13(6-4-12)20-15-14(17)8-11(9-16)10-18-15/h3-6,8,10H,2,7,17H2,1H3. The van der Waals surface area contributed by atoms with Crippen molar-refractivity contribution >= 4 is 5.69 Å². The first kappa shape index (κ1) is 13.7. The summed E-state index contributed by atoms with van der Waals surface area (Å²) in [6, 6.07) is 10.7. The topological polar surface area (TPSA) is 81.2 Å². The maximum atomic E-state index is 8.74. The molecule has 0 radical (unpaired) electrons. The number of anilines is 1. The molecule has 2 rings (SSSR count). The third-order valence-corrected chi connectivity index (χ3v) is 2.52. The van der Waals surface area contributed by atoms with Crippen molar-refractivity contribution in [3.63, 3.8) is 0 Å². The molecule has 0 saturated carbocycles. The summed E-state index contributed by atoms with van der Waals surface area (Å²) in [6.45, 7) is 2.74. The second-order valence-corrected chi connectivity index (χ2v) is 4.15. The van der Waals surface area contributed by atoms with E-state index < -0.39 is 0 Å². The number of nitriles is 1. The molecule has 20 heavy (non-hydrogen) atoms. The Bertz CT molecular complexity index is 618. The van der Waals surface area contributed by atoms with Gasteiger partial charge in [0.25, 0.3) is 0 Å². The molecule has 0 aliphatic rings. The van der Waals surface area contributed by atoms with Crippen LogP contribution < -0.4 is 15.2 Å². The summed E-state index contributed by atoms with van der Waals surface area (Å²) in [5.41, 5.74) is 6.51. The monoisotopic (exact) mass is 269 g/mol. The van der Waals surface area contributed by atoms with Gasteiger partial charge in [0.1, 0.15) is 17.6 Å². The molecule has 5 heteroatoms. The number of hydrogen-bond donors (Lipinski definition) is 1. The second-order valence-electron chi connectivity index (χ2n) is 4.15. The molecule has 0 bridgehead atoms. The van der Waals surface area contributed by atoms with Crippen molar-refractivity contribution in [2.24, 2.45) is 0 Å². The molecule has 1 heterocycles. The molecule has 0 spiro atoms. The van der Waals surface area contributed by atoms with Crippen LogP contribution in [0.2, 0.25) is 0 Å². The van der Waals surface area contributed by atoms with Crippen molar-refractivity contribution in [1.29, 1.82) is 5.26 Å². The molecule has 0 saturated heterocycles. The van der Waals surface area contributed by atoms with Gasteiger partial charge in [-0.05, 0) is 36.8 Å². The van der Waals surface area contributed by atoms with Gasteiger partial charge in [0.2, 0.25) is 5.88 Å². The van der Waals surface area contributed by atoms with E-state index in [2.05, 4.69) is 11.9 Å². The average molecular weight is 269 g/mol. The second kappa shape index (κ2) is 6.43. The van der Waals surface area contributed by atoms with Gasteiger partial charge in [-0.2, -0.15) is 5.26 Å². The fourth-order valence-electron chi connectivity index (χ4n) is 1.55. The Labute approximate surface area is 117 Å². The van der Waals surface area contributed by atoms with Crippen LogP contribution in [0.5, 0.6) is 17.4 Å². The molecule has 2 aromatic rings. The molecule has 0 aliphatic carbocycles. The Morgan fingerprint density at radius 3 is 2.55 bits per heavy atom. The Kier molecular flexibility index (Phi) is 4.40. The summed E-state index contributed by atoms with van der Waals surface area (Å²) >= 11 is 0. The molecule has 0 atom stereocenters. The average Bonchev–Trinajstić information content (AvgIpc) is 2.48. The van der Waals surface area contributed by atoms with Crippen molar-refractivity contribution in [2.45, 2.75) is 13.3 Å². The Balaban J connectivity index is 2.08. The SMILES string of the molecule is CCCOc1ccc(Oc2ncc(C#N)cc2N)cc1. The van der Waals surface area contributed by atoms with E-state index in [9.17, 15) is 0 Å². The zero-order valence-corrected chi connectivity index (χ0v) is 11.2. The highest BCUT2D eigenvalue weighted by molar-refractivity contribution is 5.53. The number of benzene rings is 1. The first-order chi connectivity index (χ1) is 9.72. The van der Waals surface area contributed by atoms with Crippen LogP contribution in [0, 0.1) is 11.3 Å². The van der Waals surface area contributed by atoms with Gasteiger partial charge in [0.05, 0.1) is 17.9 Å². The van der Waals surface area contributed by atoms with Gasteiger partial charge in [-0.1, -0.05) is 6.92 Å². The maximum absolute atomic E-state index is 8.74. The summed E-state index contributed by atoms with van der Waals surface area (Å²) in [5.74, 6) is 1.68. The minimum Gasteiger partial charge on any atom is -0.494 e. The lowest BCUT2D eigenvalue weighted by atomic mass is 10.3. The minimum atomic E-state index is 0.284. The number of nitrogens with two attached hydrogens (primary N) is 1. The molecule has 1 aromatic heterocycles. The van der Waals surface area contributed by atoms with E-state index in [1.165, 1.54) is 12.3 Å². The first-order valence-electron chi connectivity index (χ1n) is 6.29. The predicted molar refractivity (Wildman–Crippen MR) is 75.7 cm³/mol. The molecule has 0 fully saturated rings. The molecule has 5 nitrogen and oxygen atoms in total. The van der Waals surface area contributed by atoms with E-state index in [1.807, 2.05) is 18.2 Å². The van der Waals surface area contributed by atoms with Gasteiger partial charge in [0.15, 0.2) is 0 Å². The van der Waals surface area contributed by atoms with Crippen molar-refractivity contribution < 1.29 is 9.47 Å². The Morgan fingerprint density at radius 1 is 1.25 bits per heavy atom. The maximum Gasteiger partial charge on any atom is 0.242 e. The van der Waals surface area contributed by atoms with Crippen LogP contribution in [0.1, 0.15) is 18.9 Å². The van der Waals surface area contributed by atoms with Crippen LogP contribution in [-0.2, 0) is 0 Å². The largest absolute Gasteiger partial charge is 0.494 e. The molecule has 0 aliphatic heterocycles. The number of nitrogens with zero attached hydrogens (tertiary/aromatic N) is 2. The summed E-state index contributed by atoms with van der Waals surface area (Å²) in [5, 5.41) is 8.74. The van der Waals surface area contributed by atoms with Gasteiger partial charge in [0, 0.05) is 6.20 Å². The van der Waals surface area contributed by atoms with E-state index in [1.54, 1.807) is 12.1 Å². The fourth-order valence-corrected chi connectivity index (χ4v) is 1.55. The van der Waals surface area contributed by atoms with Gasteiger partial charge >= 0.3 is 0 Å². The Morgan fingerprint density at radius 2 is 1.95 bits per heavy atom. The van der Waals surface area contributed by atoms with E-state index in [-0.39, 0.29) is 5.88 Å². The van der Waals surface area contributed by atoms with Crippen molar-refractivity contribution in [3.8, 4) is 23.4 Å². The van der Waals surface area contributed by atoms with E-state index in [0.717, 1.165) is 12.2 Å². The van der Waals surface area contributed by atoms with Crippen molar-refractivity contribution in [1.82, 2.24) is 4.98 Å². The van der Waals surface area contributed by atoms with E-state index in [0.29, 0.717) is 23.6 Å². The van der Waals surface area contributed by atoms with Crippen LogP contribution in [0.4, 0.5) is 5.69 Å². The van der Waals surface area contributed by atoms with Gasteiger partial charge in [-0.15, -0.1) is 0 Å². The summed E-state index contributed by atoms with van der Waals surface area (Å²) in [4.78, 5) is 4.02. The van der Waals surface area contributed by atoms with E-state index in [4.69, 9.17) is 20.5 Å². The zero-order chi connectivity index (χ0) is 14.4. The van der Waals surface area contributed by atoms with Crippen LogP contribution in [0.25, 0.3) is 0 Å². The van der Waals surface area contributed by atoms with E-state index >= 15 is 0 Å². The summed E-state index contributed by atoms with van der Waals surface area (Å²) in [7, 11) is 0. The van der Waals surface area contributed by atoms with Crippen LogP contribution >= 0.6 is 0 Å². The van der Waals surface area contributed by atoms with Gasteiger partial charge in [-0.3, -0.25) is 0 Å². The van der Waals surface area contributed by atoms with Crippen LogP contribution in [-0.4, -0.2) is 11.6 Å². The normalized spacial score (nSPS) is 9.80. The molecule has 0 unspecified atom stereocenters. The van der Waals surface area contributed by atoms with Crippen molar-refractivity contribution in [3.05, 3.63) is 42.1 Å². The lowest BCUT2D eigenvalue weighted by Gasteiger charge is -2.08. The lowest BCUT2D eigenvalue weighted by Crippen LogP contribution is -1.97. The predicted octanol–water partition coefficient (Wildman–Crippen LogP) is 3.12. The lowest BCUT2D eigenvalue weighted by molar-refractivity contribution is 0.317.